The highest BCUT2D eigenvalue weighted by Gasteiger charge is 2.06. The second-order valence-corrected chi connectivity index (χ2v) is 6.17. The van der Waals surface area contributed by atoms with Gasteiger partial charge >= 0.3 is 5.97 Å². The summed E-state index contributed by atoms with van der Waals surface area (Å²) in [5.41, 5.74) is 2.25. The van der Waals surface area contributed by atoms with Crippen molar-refractivity contribution >= 4 is 28.7 Å². The number of rotatable bonds is 6. The highest BCUT2D eigenvalue weighted by molar-refractivity contribution is 7.12. The molecule has 0 aliphatic rings. The molecule has 1 heterocycles. The van der Waals surface area contributed by atoms with Gasteiger partial charge in [-0.2, -0.15) is 0 Å². The summed E-state index contributed by atoms with van der Waals surface area (Å²) in [6.45, 7) is 0.753. The van der Waals surface area contributed by atoms with E-state index in [1.165, 1.54) is 12.0 Å². The second-order valence-electron chi connectivity index (χ2n) is 4.92. The van der Waals surface area contributed by atoms with Crippen molar-refractivity contribution in [2.45, 2.75) is 13.0 Å². The summed E-state index contributed by atoms with van der Waals surface area (Å²) in [7, 11) is 5.46. The van der Waals surface area contributed by atoms with Gasteiger partial charge < -0.3 is 15.0 Å². The van der Waals surface area contributed by atoms with Crippen molar-refractivity contribution in [3.05, 3.63) is 46.2 Å². The Kier molecular flexibility index (Phi) is 5.22. The fraction of sp³-hybridized carbons (Fsp3) is 0.312. The van der Waals surface area contributed by atoms with Crippen LogP contribution >= 0.6 is 11.3 Å². The first-order valence-electron chi connectivity index (χ1n) is 6.74. The van der Waals surface area contributed by atoms with Gasteiger partial charge in [0, 0.05) is 41.8 Å². The molecule has 1 N–H and O–H groups in total. The molecule has 4 nitrogen and oxygen atoms in total. The zero-order valence-corrected chi connectivity index (χ0v) is 13.4. The highest BCUT2D eigenvalue weighted by Crippen LogP contribution is 2.21. The van der Waals surface area contributed by atoms with Gasteiger partial charge in [0.1, 0.15) is 0 Å². The Morgan fingerprint density at radius 1 is 1.24 bits per heavy atom. The zero-order valence-electron chi connectivity index (χ0n) is 12.6. The summed E-state index contributed by atoms with van der Waals surface area (Å²) in [4.78, 5) is 15.5. The molecule has 0 spiro atoms. The predicted molar refractivity (Wildman–Crippen MR) is 88.1 cm³/mol. The van der Waals surface area contributed by atoms with Crippen LogP contribution < -0.4 is 10.2 Å². The summed E-state index contributed by atoms with van der Waals surface area (Å²) in [5, 5.41) is 3.40. The fourth-order valence-corrected chi connectivity index (χ4v) is 2.85. The van der Waals surface area contributed by atoms with E-state index in [0.29, 0.717) is 6.42 Å². The molecule has 0 atom stereocenters. The topological polar surface area (TPSA) is 41.6 Å². The molecule has 21 heavy (non-hydrogen) atoms. The lowest BCUT2D eigenvalue weighted by atomic mass is 10.2. The third kappa shape index (κ3) is 4.49. The first-order valence-corrected chi connectivity index (χ1v) is 7.56. The summed E-state index contributed by atoms with van der Waals surface area (Å²) in [6, 6.07) is 12.3. The van der Waals surface area contributed by atoms with E-state index in [0.717, 1.165) is 22.8 Å². The predicted octanol–water partition coefficient (Wildman–Crippen LogP) is 3.14. The molecule has 1 aromatic heterocycles. The quantitative estimate of drug-likeness (QED) is 0.833. The Morgan fingerprint density at radius 3 is 2.71 bits per heavy atom. The van der Waals surface area contributed by atoms with E-state index >= 15 is 0 Å². The first-order chi connectivity index (χ1) is 10.1. The molecule has 0 radical (unpaired) electrons. The van der Waals surface area contributed by atoms with Crippen LogP contribution in [0.3, 0.4) is 0 Å². The number of nitrogens with zero attached hydrogens (tertiary/aromatic N) is 1. The maximum atomic E-state index is 11.2. The molecule has 0 fully saturated rings. The van der Waals surface area contributed by atoms with Gasteiger partial charge in [-0.25, -0.2) is 0 Å². The van der Waals surface area contributed by atoms with Gasteiger partial charge in [0.05, 0.1) is 13.5 Å². The third-order valence-corrected chi connectivity index (χ3v) is 4.18. The fourth-order valence-electron chi connectivity index (χ4n) is 1.91. The summed E-state index contributed by atoms with van der Waals surface area (Å²) in [6.07, 6.45) is 0.345. The third-order valence-electron chi connectivity index (χ3n) is 3.09. The van der Waals surface area contributed by atoms with Crippen LogP contribution in [0.5, 0.6) is 0 Å². The van der Waals surface area contributed by atoms with Crippen molar-refractivity contribution in [3.63, 3.8) is 0 Å². The molecule has 112 valence electrons. The van der Waals surface area contributed by atoms with Gasteiger partial charge in [-0.15, -0.1) is 11.3 Å². The number of methoxy groups -OCH3 is 1. The molecule has 0 aliphatic heterocycles. The lowest BCUT2D eigenvalue weighted by Gasteiger charge is -2.14. The van der Waals surface area contributed by atoms with Gasteiger partial charge in [0.15, 0.2) is 0 Å². The number of esters is 1. The number of nitrogens with one attached hydrogen (secondary N) is 1. The summed E-state index contributed by atoms with van der Waals surface area (Å²) < 4.78 is 4.68. The Hall–Kier alpha value is -2.01. The average Bonchev–Trinajstić information content (AvgIpc) is 2.92. The second kappa shape index (κ2) is 7.13. The standard InChI is InChI=1S/C16H20N2O2S/c1-18(2)13-6-4-5-12(9-13)17-11-15-8-7-14(21-15)10-16(19)20-3/h4-9,17H,10-11H2,1-3H3. The van der Waals surface area contributed by atoms with E-state index in [1.807, 2.05) is 32.3 Å². The maximum Gasteiger partial charge on any atom is 0.310 e. The number of thiophene rings is 1. The number of carbonyl (C=O) groups is 1. The molecule has 2 aromatic rings. The molecule has 0 amide bonds. The van der Waals surface area contributed by atoms with Crippen LogP contribution in [0, 0.1) is 0 Å². The van der Waals surface area contributed by atoms with Crippen LogP contribution in [-0.2, 0) is 22.5 Å². The van der Waals surface area contributed by atoms with E-state index in [2.05, 4.69) is 33.2 Å². The Labute approximate surface area is 129 Å². The zero-order chi connectivity index (χ0) is 15.2. The van der Waals surface area contributed by atoms with Crippen molar-refractivity contribution < 1.29 is 9.53 Å². The van der Waals surface area contributed by atoms with E-state index < -0.39 is 0 Å². The molecule has 0 bridgehead atoms. The lowest BCUT2D eigenvalue weighted by Crippen LogP contribution is -2.08. The van der Waals surface area contributed by atoms with Crippen molar-refractivity contribution in [1.82, 2.24) is 0 Å². The Bertz CT molecular complexity index is 608. The smallest absolute Gasteiger partial charge is 0.310 e. The van der Waals surface area contributed by atoms with Crippen molar-refractivity contribution in [1.29, 1.82) is 0 Å². The first kappa shape index (κ1) is 15.4. The Morgan fingerprint density at radius 2 is 2.00 bits per heavy atom. The molecule has 1 aromatic carbocycles. The SMILES string of the molecule is COC(=O)Cc1ccc(CNc2cccc(N(C)C)c2)s1. The number of hydrogen-bond acceptors (Lipinski definition) is 5. The molecule has 0 aliphatic carbocycles. The van der Waals surface area contributed by atoms with Crippen LogP contribution in [0.2, 0.25) is 0 Å². The number of hydrogen-bond donors (Lipinski definition) is 1. The largest absolute Gasteiger partial charge is 0.469 e. The van der Waals surface area contributed by atoms with Gasteiger partial charge in [0.25, 0.3) is 0 Å². The molecular formula is C16H20N2O2S. The minimum Gasteiger partial charge on any atom is -0.469 e. The molecule has 0 saturated heterocycles. The van der Waals surface area contributed by atoms with Crippen molar-refractivity contribution in [2.75, 3.05) is 31.4 Å². The average molecular weight is 304 g/mol. The minimum absolute atomic E-state index is 0.199. The number of ether oxygens (including phenoxy) is 1. The Balaban J connectivity index is 1.94. The molecule has 0 saturated carbocycles. The summed E-state index contributed by atoms with van der Waals surface area (Å²) >= 11 is 1.63. The molecule has 5 heteroatoms. The van der Waals surface area contributed by atoms with Gasteiger partial charge in [0.2, 0.25) is 0 Å². The van der Waals surface area contributed by atoms with Gasteiger partial charge in [-0.05, 0) is 30.3 Å². The van der Waals surface area contributed by atoms with Crippen LogP contribution in [0.15, 0.2) is 36.4 Å². The van der Waals surface area contributed by atoms with Crippen LogP contribution in [0.1, 0.15) is 9.75 Å². The van der Waals surface area contributed by atoms with Gasteiger partial charge in [-0.1, -0.05) is 6.07 Å². The molecule has 0 unspecified atom stereocenters. The van der Waals surface area contributed by atoms with Crippen LogP contribution in [0.4, 0.5) is 11.4 Å². The number of carbonyl (C=O) groups excluding carboxylic acids is 1. The molecular weight excluding hydrogens is 284 g/mol. The maximum absolute atomic E-state index is 11.2. The number of anilines is 2. The van der Waals surface area contributed by atoms with E-state index in [-0.39, 0.29) is 5.97 Å². The number of benzene rings is 1. The van der Waals surface area contributed by atoms with E-state index in [1.54, 1.807) is 11.3 Å². The molecule has 2 rings (SSSR count). The minimum atomic E-state index is -0.199. The van der Waals surface area contributed by atoms with Gasteiger partial charge in [-0.3, -0.25) is 4.79 Å². The van der Waals surface area contributed by atoms with Crippen molar-refractivity contribution in [3.8, 4) is 0 Å². The van der Waals surface area contributed by atoms with E-state index in [9.17, 15) is 4.79 Å². The highest BCUT2D eigenvalue weighted by atomic mass is 32.1. The van der Waals surface area contributed by atoms with Crippen molar-refractivity contribution in [2.24, 2.45) is 0 Å². The normalized spacial score (nSPS) is 10.2. The lowest BCUT2D eigenvalue weighted by molar-refractivity contribution is -0.139. The van der Waals surface area contributed by atoms with E-state index in [4.69, 9.17) is 0 Å². The monoisotopic (exact) mass is 304 g/mol. The summed E-state index contributed by atoms with van der Waals surface area (Å²) in [5.74, 6) is -0.199. The van der Waals surface area contributed by atoms with Crippen LogP contribution in [-0.4, -0.2) is 27.2 Å². The van der Waals surface area contributed by atoms with Crippen LogP contribution in [0.25, 0.3) is 0 Å².